The smallest absolute Gasteiger partial charge is 0.0497 e. The molecule has 298 valence electrons. The average molecular weight is 789 g/mol. The average Bonchev–Trinajstić information content (AvgIpc) is 3.73. The minimum atomic E-state index is -0.168. The van der Waals surface area contributed by atoms with Crippen molar-refractivity contribution in [2.45, 2.75) is 71.6 Å². The van der Waals surface area contributed by atoms with E-state index in [1.807, 2.05) is 0 Å². The van der Waals surface area contributed by atoms with Crippen LogP contribution in [0.5, 0.6) is 0 Å². The van der Waals surface area contributed by atoms with Crippen LogP contribution >= 0.6 is 0 Å². The molecule has 3 aliphatic rings. The molecule has 0 spiro atoms. The zero-order valence-electron chi connectivity index (χ0n) is 36.6. The Hall–Kier alpha value is -6.64. The van der Waals surface area contributed by atoms with Gasteiger partial charge in [0.2, 0.25) is 0 Å². The van der Waals surface area contributed by atoms with Gasteiger partial charge in [-0.25, -0.2) is 0 Å². The summed E-state index contributed by atoms with van der Waals surface area (Å²) in [6, 6.07) is 63.8. The van der Waals surface area contributed by atoms with E-state index in [0.29, 0.717) is 0 Å². The Balaban J connectivity index is 1.09. The molecule has 0 radical (unpaired) electrons. The van der Waals surface area contributed by atoms with Crippen molar-refractivity contribution < 1.29 is 0 Å². The molecule has 11 rings (SSSR count). The molecule has 0 unspecified atom stereocenters. The molecule has 61 heavy (non-hydrogen) atoms. The Kier molecular flexibility index (Phi) is 8.07. The van der Waals surface area contributed by atoms with Crippen LogP contribution in [0.15, 0.2) is 170 Å². The first-order chi connectivity index (χ1) is 29.4. The first-order valence-electron chi connectivity index (χ1n) is 21.9. The molecule has 0 fully saturated rings. The van der Waals surface area contributed by atoms with Crippen LogP contribution in [0.3, 0.4) is 0 Å². The maximum Gasteiger partial charge on any atom is 0.0497 e. The molecule has 8 aromatic carbocycles. The monoisotopic (exact) mass is 788 g/mol. The van der Waals surface area contributed by atoms with Crippen LogP contribution < -0.4 is 9.80 Å². The van der Waals surface area contributed by atoms with Gasteiger partial charge < -0.3 is 9.80 Å². The predicted molar refractivity (Wildman–Crippen MR) is 258 cm³/mol. The molecule has 0 atom stereocenters. The Morgan fingerprint density at radius 1 is 0.279 bits per heavy atom. The Morgan fingerprint density at radius 2 is 0.607 bits per heavy atom. The van der Waals surface area contributed by atoms with E-state index in [9.17, 15) is 0 Å². The van der Waals surface area contributed by atoms with E-state index in [4.69, 9.17) is 0 Å². The number of benzene rings is 8. The number of nitrogens with zero attached hydrogens (tertiary/aromatic N) is 2. The topological polar surface area (TPSA) is 6.48 Å². The molecule has 0 N–H and O–H groups in total. The number of anilines is 6. The van der Waals surface area contributed by atoms with Crippen molar-refractivity contribution >= 4 is 34.1 Å². The van der Waals surface area contributed by atoms with Crippen molar-refractivity contribution in [3.8, 4) is 33.4 Å². The molecular weight excluding hydrogens is 737 g/mol. The fourth-order valence-corrected chi connectivity index (χ4v) is 11.2. The van der Waals surface area contributed by atoms with Crippen LogP contribution in [-0.2, 0) is 16.2 Å². The predicted octanol–water partition coefficient (Wildman–Crippen LogP) is 16.2. The van der Waals surface area contributed by atoms with Crippen LogP contribution in [0.2, 0.25) is 0 Å². The fourth-order valence-electron chi connectivity index (χ4n) is 11.2. The second-order valence-electron chi connectivity index (χ2n) is 19.1. The van der Waals surface area contributed by atoms with Crippen LogP contribution in [0.1, 0.15) is 86.1 Å². The van der Waals surface area contributed by atoms with Crippen molar-refractivity contribution in [3.05, 3.63) is 214 Å². The summed E-state index contributed by atoms with van der Waals surface area (Å²) in [4.78, 5) is 4.96. The van der Waals surface area contributed by atoms with Crippen LogP contribution in [0.25, 0.3) is 33.4 Å². The van der Waals surface area contributed by atoms with Gasteiger partial charge >= 0.3 is 0 Å². The highest BCUT2D eigenvalue weighted by Gasteiger charge is 2.40. The van der Waals surface area contributed by atoms with Crippen LogP contribution in [0, 0.1) is 13.8 Å². The molecule has 0 aliphatic heterocycles. The van der Waals surface area contributed by atoms with Crippen LogP contribution in [0.4, 0.5) is 34.1 Å². The van der Waals surface area contributed by atoms with Crippen molar-refractivity contribution in [1.82, 2.24) is 0 Å². The molecule has 0 saturated heterocycles. The summed E-state index contributed by atoms with van der Waals surface area (Å²) in [6.45, 7) is 18.9. The number of hydrogen-bond acceptors (Lipinski definition) is 2. The summed E-state index contributed by atoms with van der Waals surface area (Å²) in [5.74, 6) is 0. The van der Waals surface area contributed by atoms with Gasteiger partial charge in [0, 0.05) is 50.4 Å². The lowest BCUT2D eigenvalue weighted by Crippen LogP contribution is -2.18. The highest BCUT2D eigenvalue weighted by Crippen LogP contribution is 2.56. The number of hydrogen-bond donors (Lipinski definition) is 0. The Bertz CT molecular complexity index is 2870. The Morgan fingerprint density at radius 3 is 1.02 bits per heavy atom. The standard InChI is InChI=1S/C59H52N2/c1-37-31-51-47(35-55(37)60(39-19-11-9-12-20-39)41-27-29-45-43-23-15-17-25-49(43)57(3,4)53(45)33-41)48-36-56(38(2)32-52(48)59(51,7)8)61(40-21-13-10-14-22-40)42-28-30-46-44-24-16-18-26-50(44)58(5,6)54(46)34-42/h9-36H,1-8H3. The second-order valence-corrected chi connectivity index (χ2v) is 19.1. The molecule has 3 aliphatic carbocycles. The van der Waals surface area contributed by atoms with E-state index in [1.165, 1.54) is 101 Å². The van der Waals surface area contributed by atoms with Gasteiger partial charge in [0.25, 0.3) is 0 Å². The van der Waals surface area contributed by atoms with Gasteiger partial charge in [-0.3, -0.25) is 0 Å². The quantitative estimate of drug-likeness (QED) is 0.166. The van der Waals surface area contributed by atoms with Crippen molar-refractivity contribution in [2.75, 3.05) is 9.80 Å². The van der Waals surface area contributed by atoms with Crippen molar-refractivity contribution in [2.24, 2.45) is 0 Å². The van der Waals surface area contributed by atoms with Crippen molar-refractivity contribution in [3.63, 3.8) is 0 Å². The molecule has 0 saturated carbocycles. The summed E-state index contributed by atoms with van der Waals surface area (Å²) in [7, 11) is 0. The number of para-hydroxylation sites is 2. The first kappa shape index (κ1) is 37.4. The lowest BCUT2D eigenvalue weighted by Gasteiger charge is -2.30. The summed E-state index contributed by atoms with van der Waals surface area (Å²) < 4.78 is 0. The third-order valence-corrected chi connectivity index (χ3v) is 14.5. The van der Waals surface area contributed by atoms with Gasteiger partial charge in [0.1, 0.15) is 0 Å². The van der Waals surface area contributed by atoms with Gasteiger partial charge in [0.05, 0.1) is 0 Å². The summed E-state index contributed by atoms with van der Waals surface area (Å²) in [5, 5.41) is 0. The van der Waals surface area contributed by atoms with Gasteiger partial charge in [-0.1, -0.05) is 151 Å². The summed E-state index contributed by atoms with van der Waals surface area (Å²) in [5.41, 5.74) is 25.4. The lowest BCUT2D eigenvalue weighted by molar-refractivity contribution is 0.659. The van der Waals surface area contributed by atoms with Gasteiger partial charge in [-0.15, -0.1) is 0 Å². The normalized spacial score (nSPS) is 15.3. The van der Waals surface area contributed by atoms with E-state index < -0.39 is 0 Å². The molecule has 0 amide bonds. The third kappa shape index (κ3) is 5.41. The molecular formula is C59H52N2. The zero-order valence-corrected chi connectivity index (χ0v) is 36.6. The molecule has 2 nitrogen and oxygen atoms in total. The molecule has 0 heterocycles. The van der Waals surface area contributed by atoms with Gasteiger partial charge in [-0.05, 0) is 152 Å². The molecule has 0 bridgehead atoms. The highest BCUT2D eigenvalue weighted by atomic mass is 15.2. The van der Waals surface area contributed by atoms with Gasteiger partial charge in [-0.2, -0.15) is 0 Å². The number of rotatable bonds is 6. The van der Waals surface area contributed by atoms with E-state index in [-0.39, 0.29) is 16.2 Å². The Labute approximate surface area is 361 Å². The molecule has 8 aromatic rings. The third-order valence-electron chi connectivity index (χ3n) is 14.5. The highest BCUT2D eigenvalue weighted by molar-refractivity contribution is 5.93. The minimum absolute atomic E-state index is 0.0995. The summed E-state index contributed by atoms with van der Waals surface area (Å²) in [6.07, 6.45) is 0. The SMILES string of the molecule is Cc1cc2c(cc1N(c1ccccc1)c1ccc3c(c1)C(C)(C)c1ccccc1-3)-c1cc(N(c3ccccc3)c3ccc4c(c3)C(C)(C)c3ccccc3-4)c(C)cc1C2(C)C. The largest absolute Gasteiger partial charge is 0.310 e. The fraction of sp³-hybridized carbons (Fsp3) is 0.186. The van der Waals surface area contributed by atoms with E-state index in [1.54, 1.807) is 0 Å². The number of fused-ring (bicyclic) bond motifs is 9. The van der Waals surface area contributed by atoms with Crippen LogP contribution in [-0.4, -0.2) is 0 Å². The van der Waals surface area contributed by atoms with E-state index >= 15 is 0 Å². The molecule has 2 heteroatoms. The van der Waals surface area contributed by atoms with Crippen molar-refractivity contribution in [1.29, 1.82) is 0 Å². The zero-order chi connectivity index (χ0) is 42.0. The lowest BCUT2D eigenvalue weighted by atomic mass is 9.81. The maximum atomic E-state index is 2.49. The summed E-state index contributed by atoms with van der Waals surface area (Å²) >= 11 is 0. The number of aryl methyl sites for hydroxylation is 2. The minimum Gasteiger partial charge on any atom is -0.310 e. The van der Waals surface area contributed by atoms with Gasteiger partial charge in [0.15, 0.2) is 0 Å². The van der Waals surface area contributed by atoms with E-state index in [2.05, 4.69) is 235 Å². The maximum absolute atomic E-state index is 2.49. The second kappa shape index (κ2) is 13.2. The first-order valence-corrected chi connectivity index (χ1v) is 21.9. The molecule has 0 aromatic heterocycles. The van der Waals surface area contributed by atoms with E-state index in [0.717, 1.165) is 11.4 Å².